The number of nitrogens with zero attached hydrogens (tertiary/aromatic N) is 2. The molecule has 1 rings (SSSR count). The zero-order valence-corrected chi connectivity index (χ0v) is 11.7. The molecule has 0 bridgehead atoms. The van der Waals surface area contributed by atoms with E-state index in [2.05, 4.69) is 25.7 Å². The van der Waals surface area contributed by atoms with Gasteiger partial charge in [0.2, 0.25) is 5.88 Å². The molecule has 1 aromatic heterocycles. The van der Waals surface area contributed by atoms with E-state index in [4.69, 9.17) is 4.74 Å². The monoisotopic (exact) mass is 302 g/mol. The molecule has 0 atom stereocenters. The lowest BCUT2D eigenvalue weighted by atomic mass is 10.3. The van der Waals surface area contributed by atoms with Crippen molar-refractivity contribution in [1.29, 1.82) is 0 Å². The van der Waals surface area contributed by atoms with Gasteiger partial charge in [0.1, 0.15) is 6.61 Å². The maximum absolute atomic E-state index is 11.2. The molecule has 0 amide bonds. The highest BCUT2D eigenvalue weighted by Gasteiger charge is 2.10. The van der Waals surface area contributed by atoms with Gasteiger partial charge in [-0.2, -0.15) is 0 Å². The van der Waals surface area contributed by atoms with Crippen LogP contribution in [0.2, 0.25) is 0 Å². The van der Waals surface area contributed by atoms with Crippen LogP contribution >= 0.6 is 15.9 Å². The number of carbonyl (C=O) groups excluding carboxylic acids is 1. The van der Waals surface area contributed by atoms with Gasteiger partial charge in [-0.05, 0) is 36.1 Å². The second kappa shape index (κ2) is 6.56. The molecule has 0 fully saturated rings. The molecular weight excluding hydrogens is 288 g/mol. The largest absolute Gasteiger partial charge is 0.476 e. The fourth-order valence-electron chi connectivity index (χ4n) is 1.09. The number of esters is 1. The van der Waals surface area contributed by atoms with Gasteiger partial charge in [-0.3, -0.25) is 0 Å². The van der Waals surface area contributed by atoms with Crippen LogP contribution in [0.25, 0.3) is 0 Å². The molecule has 0 aliphatic heterocycles. The molecular formula is C11H15BrN2O3. The number of halogens is 1. The third-order valence-corrected chi connectivity index (χ3v) is 2.57. The van der Waals surface area contributed by atoms with Crippen LogP contribution in [-0.4, -0.2) is 50.2 Å². The predicted molar refractivity (Wildman–Crippen MR) is 67.3 cm³/mol. The van der Waals surface area contributed by atoms with Crippen LogP contribution in [0, 0.1) is 0 Å². The number of pyridine rings is 1. The molecule has 94 valence electrons. The molecule has 5 nitrogen and oxygen atoms in total. The maximum atomic E-state index is 11.2. The summed E-state index contributed by atoms with van der Waals surface area (Å²) in [6.07, 6.45) is 1.43. The Kier molecular flexibility index (Phi) is 5.37. The lowest BCUT2D eigenvalue weighted by molar-refractivity contribution is 0.0600. The first-order chi connectivity index (χ1) is 8.04. The minimum Gasteiger partial charge on any atom is -0.476 e. The zero-order valence-electron chi connectivity index (χ0n) is 10.1. The van der Waals surface area contributed by atoms with Crippen LogP contribution in [0.1, 0.15) is 10.4 Å². The summed E-state index contributed by atoms with van der Waals surface area (Å²) in [5, 5.41) is 0. The summed E-state index contributed by atoms with van der Waals surface area (Å²) in [5.74, 6) is 0.0533. The van der Waals surface area contributed by atoms with E-state index in [1.54, 1.807) is 6.07 Å². The third-order valence-electron chi connectivity index (χ3n) is 2.01. The number of rotatable bonds is 5. The zero-order chi connectivity index (χ0) is 12.8. The molecule has 0 spiro atoms. The minimum atomic E-state index is -0.418. The Morgan fingerprint density at radius 1 is 1.53 bits per heavy atom. The predicted octanol–water partition coefficient (Wildman–Crippen LogP) is 1.57. The van der Waals surface area contributed by atoms with E-state index < -0.39 is 5.97 Å². The number of aromatic nitrogens is 1. The maximum Gasteiger partial charge on any atom is 0.339 e. The van der Waals surface area contributed by atoms with Gasteiger partial charge in [-0.25, -0.2) is 9.78 Å². The fraction of sp³-hybridized carbons (Fsp3) is 0.455. The molecule has 0 radical (unpaired) electrons. The van der Waals surface area contributed by atoms with Gasteiger partial charge in [0, 0.05) is 12.7 Å². The number of methoxy groups -OCH3 is 1. The standard InChI is InChI=1S/C11H15BrN2O3/c1-14(2)4-5-17-10-9(12)6-8(7-13-10)11(15)16-3/h6-7H,4-5H2,1-3H3. The van der Waals surface area contributed by atoms with Crippen molar-refractivity contribution in [3.8, 4) is 5.88 Å². The van der Waals surface area contributed by atoms with Crippen molar-refractivity contribution < 1.29 is 14.3 Å². The van der Waals surface area contributed by atoms with Gasteiger partial charge in [-0.1, -0.05) is 0 Å². The third kappa shape index (κ3) is 4.32. The first-order valence-corrected chi connectivity index (χ1v) is 5.85. The number of hydrogen-bond acceptors (Lipinski definition) is 5. The van der Waals surface area contributed by atoms with Gasteiger partial charge in [0.05, 0.1) is 17.1 Å². The van der Waals surface area contributed by atoms with Crippen molar-refractivity contribution in [2.24, 2.45) is 0 Å². The molecule has 0 aliphatic rings. The van der Waals surface area contributed by atoms with Gasteiger partial charge in [0.25, 0.3) is 0 Å². The molecule has 0 saturated heterocycles. The molecule has 6 heteroatoms. The van der Waals surface area contributed by atoms with E-state index in [-0.39, 0.29) is 0 Å². The number of hydrogen-bond donors (Lipinski definition) is 0. The van der Waals surface area contributed by atoms with Crippen LogP contribution in [0.4, 0.5) is 0 Å². The number of likely N-dealkylation sites (N-methyl/N-ethyl adjacent to an activating group) is 1. The van der Waals surface area contributed by atoms with E-state index in [0.717, 1.165) is 6.54 Å². The van der Waals surface area contributed by atoms with Crippen molar-refractivity contribution in [3.05, 3.63) is 22.3 Å². The van der Waals surface area contributed by atoms with Crippen LogP contribution in [0.5, 0.6) is 5.88 Å². The fourth-order valence-corrected chi connectivity index (χ4v) is 1.55. The van der Waals surface area contributed by atoms with Gasteiger partial charge in [0.15, 0.2) is 0 Å². The summed E-state index contributed by atoms with van der Waals surface area (Å²) < 4.78 is 10.7. The van der Waals surface area contributed by atoms with Crippen molar-refractivity contribution in [3.63, 3.8) is 0 Å². The second-order valence-corrected chi connectivity index (χ2v) is 4.51. The summed E-state index contributed by atoms with van der Waals surface area (Å²) in [6, 6.07) is 1.63. The Bertz CT molecular complexity index is 396. The highest BCUT2D eigenvalue weighted by molar-refractivity contribution is 9.10. The summed E-state index contributed by atoms with van der Waals surface area (Å²) in [4.78, 5) is 17.3. The van der Waals surface area contributed by atoms with Crippen molar-refractivity contribution in [2.45, 2.75) is 0 Å². The molecule has 1 heterocycles. The van der Waals surface area contributed by atoms with Crippen LogP contribution in [0.15, 0.2) is 16.7 Å². The van der Waals surface area contributed by atoms with Crippen molar-refractivity contribution in [2.75, 3.05) is 34.4 Å². The highest BCUT2D eigenvalue weighted by Crippen LogP contribution is 2.23. The topological polar surface area (TPSA) is 51.7 Å². The number of carbonyl (C=O) groups is 1. The second-order valence-electron chi connectivity index (χ2n) is 3.65. The summed E-state index contributed by atoms with van der Waals surface area (Å²) in [5.41, 5.74) is 0.388. The first-order valence-electron chi connectivity index (χ1n) is 5.06. The van der Waals surface area contributed by atoms with E-state index >= 15 is 0 Å². The smallest absolute Gasteiger partial charge is 0.339 e. The Labute approximate surface area is 109 Å². The highest BCUT2D eigenvalue weighted by atomic mass is 79.9. The molecule has 0 aliphatic carbocycles. The SMILES string of the molecule is COC(=O)c1cnc(OCCN(C)C)c(Br)c1. The molecule has 1 aromatic rings. The molecule has 0 unspecified atom stereocenters. The van der Waals surface area contributed by atoms with Gasteiger partial charge in [-0.15, -0.1) is 0 Å². The Morgan fingerprint density at radius 3 is 2.76 bits per heavy atom. The van der Waals surface area contributed by atoms with Gasteiger partial charge >= 0.3 is 5.97 Å². The Balaban J connectivity index is 2.66. The molecule has 0 aromatic carbocycles. The Hall–Kier alpha value is -1.14. The van der Waals surface area contributed by atoms with Gasteiger partial charge < -0.3 is 14.4 Å². The summed E-state index contributed by atoms with van der Waals surface area (Å²) in [7, 11) is 5.26. The summed E-state index contributed by atoms with van der Waals surface area (Å²) in [6.45, 7) is 1.34. The minimum absolute atomic E-state index is 0.388. The first kappa shape index (κ1) is 13.9. The molecule has 0 N–H and O–H groups in total. The van der Waals surface area contributed by atoms with E-state index in [0.29, 0.717) is 22.5 Å². The average Bonchev–Trinajstić information content (AvgIpc) is 2.29. The quantitative estimate of drug-likeness (QED) is 0.773. The lowest BCUT2D eigenvalue weighted by Crippen LogP contribution is -2.19. The Morgan fingerprint density at radius 2 is 2.24 bits per heavy atom. The van der Waals surface area contributed by atoms with E-state index in [1.807, 2.05) is 19.0 Å². The number of ether oxygens (including phenoxy) is 2. The van der Waals surface area contributed by atoms with Crippen LogP contribution < -0.4 is 4.74 Å². The van der Waals surface area contributed by atoms with E-state index in [1.165, 1.54) is 13.3 Å². The molecule has 0 saturated carbocycles. The molecule has 17 heavy (non-hydrogen) atoms. The lowest BCUT2D eigenvalue weighted by Gasteiger charge is -2.11. The van der Waals surface area contributed by atoms with Crippen LogP contribution in [0.3, 0.4) is 0 Å². The van der Waals surface area contributed by atoms with Crippen LogP contribution in [-0.2, 0) is 4.74 Å². The van der Waals surface area contributed by atoms with E-state index in [9.17, 15) is 4.79 Å². The summed E-state index contributed by atoms with van der Waals surface area (Å²) >= 11 is 3.30. The average molecular weight is 303 g/mol. The normalized spacial score (nSPS) is 10.4. The van der Waals surface area contributed by atoms with Crippen molar-refractivity contribution >= 4 is 21.9 Å². The van der Waals surface area contributed by atoms with Crippen molar-refractivity contribution in [1.82, 2.24) is 9.88 Å².